The third kappa shape index (κ3) is 4.66. The van der Waals surface area contributed by atoms with Crippen LogP contribution in [0.25, 0.3) is 0 Å². The van der Waals surface area contributed by atoms with Crippen LogP contribution in [0.3, 0.4) is 0 Å². The third-order valence-corrected chi connectivity index (χ3v) is 4.26. The molecule has 0 saturated carbocycles. The van der Waals surface area contributed by atoms with Gasteiger partial charge in [0.25, 0.3) is 0 Å². The maximum atomic E-state index is 13.6. The van der Waals surface area contributed by atoms with E-state index in [4.69, 9.17) is 5.73 Å². The van der Waals surface area contributed by atoms with E-state index in [-0.39, 0.29) is 11.6 Å². The molecule has 2 heterocycles. The topological polar surface area (TPSA) is 69.8 Å². The molecule has 8 heteroatoms. The zero-order valence-corrected chi connectivity index (χ0v) is 14.6. The summed E-state index contributed by atoms with van der Waals surface area (Å²) in [5.74, 6) is -0.190. The summed E-state index contributed by atoms with van der Waals surface area (Å²) in [5, 5.41) is 2.57. The van der Waals surface area contributed by atoms with E-state index >= 15 is 0 Å². The molecule has 26 heavy (non-hydrogen) atoms. The molecule has 0 amide bonds. The second kappa shape index (κ2) is 8.09. The molecular weight excluding hydrogens is 338 g/mol. The maximum Gasteiger partial charge on any atom is 0.193 e. The number of aromatic nitrogens is 1. The number of piperazine rings is 1. The fourth-order valence-electron chi connectivity index (χ4n) is 2.68. The van der Waals surface area contributed by atoms with Gasteiger partial charge in [-0.3, -0.25) is 0 Å². The van der Waals surface area contributed by atoms with Crippen molar-refractivity contribution in [3.63, 3.8) is 0 Å². The van der Waals surface area contributed by atoms with Gasteiger partial charge in [0.15, 0.2) is 5.96 Å². The number of nitrogens with two attached hydrogens (primary N) is 1. The van der Waals surface area contributed by atoms with Gasteiger partial charge in [-0.25, -0.2) is 18.8 Å². The normalized spacial score (nSPS) is 16.0. The Hall–Kier alpha value is -2.74. The van der Waals surface area contributed by atoms with Gasteiger partial charge in [0.2, 0.25) is 0 Å². The van der Waals surface area contributed by atoms with Gasteiger partial charge < -0.3 is 20.9 Å². The van der Waals surface area contributed by atoms with Gasteiger partial charge in [-0.1, -0.05) is 6.07 Å². The van der Waals surface area contributed by atoms with Crippen molar-refractivity contribution in [1.82, 2.24) is 9.88 Å². The minimum absolute atomic E-state index is 0.0117. The first-order valence-electron chi connectivity index (χ1n) is 8.41. The Morgan fingerprint density at radius 3 is 2.65 bits per heavy atom. The molecule has 138 valence electrons. The number of nitrogens with one attached hydrogen (secondary N) is 1. The molecule has 1 aliphatic heterocycles. The summed E-state index contributed by atoms with van der Waals surface area (Å²) in [6.07, 6.45) is 1.76. The van der Waals surface area contributed by atoms with Crippen LogP contribution in [0.15, 0.2) is 41.5 Å². The molecule has 1 fully saturated rings. The van der Waals surface area contributed by atoms with Gasteiger partial charge in [-0.15, -0.1) is 0 Å². The number of anilines is 2. The summed E-state index contributed by atoms with van der Waals surface area (Å²) in [5.41, 5.74) is 6.58. The van der Waals surface area contributed by atoms with E-state index in [2.05, 4.69) is 32.1 Å². The number of benzene rings is 1. The van der Waals surface area contributed by atoms with E-state index in [1.807, 2.05) is 12.1 Å². The van der Waals surface area contributed by atoms with E-state index in [1.54, 1.807) is 6.20 Å². The molecule has 2 aromatic rings. The van der Waals surface area contributed by atoms with Gasteiger partial charge in [0.05, 0.1) is 12.2 Å². The van der Waals surface area contributed by atoms with Crippen LogP contribution < -0.4 is 16.0 Å². The lowest BCUT2D eigenvalue weighted by molar-refractivity contribution is 0.312. The predicted octanol–water partition coefficient (Wildman–Crippen LogP) is 2.04. The number of hydrogen-bond donors (Lipinski definition) is 2. The second-order valence-corrected chi connectivity index (χ2v) is 6.27. The molecule has 0 aliphatic carbocycles. The number of pyridine rings is 1. The number of halogens is 2. The molecule has 0 radical (unpaired) electrons. The number of likely N-dealkylation sites (N-methyl/N-ethyl adjacent to an activating group) is 1. The van der Waals surface area contributed by atoms with Crippen LogP contribution in [0.2, 0.25) is 0 Å². The molecule has 1 saturated heterocycles. The molecule has 1 aromatic carbocycles. The summed E-state index contributed by atoms with van der Waals surface area (Å²) >= 11 is 0. The van der Waals surface area contributed by atoms with Crippen molar-refractivity contribution in [2.75, 3.05) is 43.4 Å². The fraction of sp³-hybridized carbons (Fsp3) is 0.333. The van der Waals surface area contributed by atoms with Crippen molar-refractivity contribution >= 4 is 17.5 Å². The van der Waals surface area contributed by atoms with Crippen molar-refractivity contribution in [2.24, 2.45) is 10.7 Å². The van der Waals surface area contributed by atoms with Gasteiger partial charge in [0.1, 0.15) is 17.5 Å². The van der Waals surface area contributed by atoms with E-state index in [9.17, 15) is 8.78 Å². The number of guanidine groups is 1. The van der Waals surface area contributed by atoms with Crippen LogP contribution in [-0.4, -0.2) is 49.1 Å². The van der Waals surface area contributed by atoms with Crippen LogP contribution in [0.5, 0.6) is 0 Å². The highest BCUT2D eigenvalue weighted by molar-refractivity contribution is 5.92. The lowest BCUT2D eigenvalue weighted by atomic mass is 10.2. The lowest BCUT2D eigenvalue weighted by Gasteiger charge is -2.33. The molecule has 1 aliphatic rings. The predicted molar refractivity (Wildman–Crippen MR) is 99.3 cm³/mol. The smallest absolute Gasteiger partial charge is 0.193 e. The van der Waals surface area contributed by atoms with Gasteiger partial charge >= 0.3 is 0 Å². The lowest BCUT2D eigenvalue weighted by Crippen LogP contribution is -2.44. The van der Waals surface area contributed by atoms with Crippen LogP contribution >= 0.6 is 0 Å². The molecule has 0 spiro atoms. The zero-order chi connectivity index (χ0) is 18.5. The Balaban J connectivity index is 1.58. The highest BCUT2D eigenvalue weighted by Crippen LogP contribution is 2.16. The SMILES string of the molecule is CN1CCN(c2ccc(CN=C(N)Nc3cc(F)ccc3F)cn2)CC1. The van der Waals surface area contributed by atoms with Crippen LogP contribution in [0.1, 0.15) is 5.56 Å². The summed E-state index contributed by atoms with van der Waals surface area (Å²) in [6.45, 7) is 4.25. The standard InChI is InChI=1S/C18H22F2N6/c1-25-6-8-26(9-7-25)17-5-2-13(11-22-17)12-23-18(21)24-16-10-14(19)3-4-15(16)20/h2-5,10-11H,6-9,12H2,1H3,(H3,21,23,24). The second-order valence-electron chi connectivity index (χ2n) is 6.27. The molecule has 0 unspecified atom stereocenters. The first kappa shape index (κ1) is 18.1. The Labute approximate surface area is 151 Å². The summed E-state index contributed by atoms with van der Waals surface area (Å²) < 4.78 is 26.7. The van der Waals surface area contributed by atoms with Crippen molar-refractivity contribution < 1.29 is 8.78 Å². The maximum absolute atomic E-state index is 13.6. The Morgan fingerprint density at radius 1 is 1.19 bits per heavy atom. The Kier molecular flexibility index (Phi) is 5.62. The summed E-state index contributed by atoms with van der Waals surface area (Å²) in [4.78, 5) is 13.2. The average molecular weight is 360 g/mol. The van der Waals surface area contributed by atoms with Gasteiger partial charge in [0, 0.05) is 38.4 Å². The van der Waals surface area contributed by atoms with Crippen LogP contribution in [0.4, 0.5) is 20.3 Å². The Morgan fingerprint density at radius 2 is 1.96 bits per heavy atom. The van der Waals surface area contributed by atoms with Gasteiger partial charge in [-0.05, 0) is 30.8 Å². The van der Waals surface area contributed by atoms with E-state index in [0.29, 0.717) is 6.54 Å². The summed E-state index contributed by atoms with van der Waals surface area (Å²) in [6, 6.07) is 7.02. The summed E-state index contributed by atoms with van der Waals surface area (Å²) in [7, 11) is 2.11. The molecule has 3 rings (SSSR count). The molecular formula is C18H22F2N6. The monoisotopic (exact) mass is 360 g/mol. The van der Waals surface area contributed by atoms with Crippen LogP contribution in [0, 0.1) is 11.6 Å². The Bertz CT molecular complexity index is 770. The highest BCUT2D eigenvalue weighted by atomic mass is 19.1. The molecule has 3 N–H and O–H groups in total. The number of aliphatic imine (C=N–C) groups is 1. The first-order chi connectivity index (χ1) is 12.5. The van der Waals surface area contributed by atoms with E-state index in [0.717, 1.165) is 55.8 Å². The van der Waals surface area contributed by atoms with E-state index < -0.39 is 11.6 Å². The minimum Gasteiger partial charge on any atom is -0.370 e. The fourth-order valence-corrected chi connectivity index (χ4v) is 2.68. The van der Waals surface area contributed by atoms with E-state index in [1.165, 1.54) is 0 Å². The van der Waals surface area contributed by atoms with Gasteiger partial charge in [-0.2, -0.15) is 0 Å². The van der Waals surface area contributed by atoms with Crippen molar-refractivity contribution in [3.8, 4) is 0 Å². The van der Waals surface area contributed by atoms with Crippen LogP contribution in [-0.2, 0) is 6.54 Å². The number of hydrogen-bond acceptors (Lipinski definition) is 4. The minimum atomic E-state index is -0.595. The quantitative estimate of drug-likeness (QED) is 0.645. The van der Waals surface area contributed by atoms with Crippen molar-refractivity contribution in [2.45, 2.75) is 6.54 Å². The zero-order valence-electron chi connectivity index (χ0n) is 14.6. The number of rotatable bonds is 4. The first-order valence-corrected chi connectivity index (χ1v) is 8.41. The van der Waals surface area contributed by atoms with Crippen molar-refractivity contribution in [1.29, 1.82) is 0 Å². The number of nitrogens with zero attached hydrogens (tertiary/aromatic N) is 4. The molecule has 0 atom stereocenters. The highest BCUT2D eigenvalue weighted by Gasteiger charge is 2.14. The third-order valence-electron chi connectivity index (χ3n) is 4.26. The van der Waals surface area contributed by atoms with Crippen molar-refractivity contribution in [3.05, 3.63) is 53.7 Å². The molecule has 1 aromatic heterocycles. The molecule has 6 nitrogen and oxygen atoms in total. The largest absolute Gasteiger partial charge is 0.370 e. The average Bonchev–Trinajstić information content (AvgIpc) is 2.64. The molecule has 0 bridgehead atoms.